The Bertz CT molecular complexity index is 889. The van der Waals surface area contributed by atoms with Gasteiger partial charge in [0.15, 0.2) is 0 Å². The zero-order valence-electron chi connectivity index (χ0n) is 14.0. The maximum Gasteiger partial charge on any atom is 0.340 e. The molecule has 140 valence electrons. The number of piperidine rings is 1. The minimum absolute atomic E-state index is 0.130. The number of nitrogens with zero attached hydrogens (tertiary/aromatic N) is 1. The number of carbonyl (C=O) groups excluding carboxylic acids is 2. The second-order valence-electron chi connectivity index (χ2n) is 5.78. The number of amides is 1. The lowest BCUT2D eigenvalue weighted by molar-refractivity contribution is -0.120. The number of nitrogens with one attached hydrogen (secondary N) is 1. The standard InChI is InChI=1S/C16H18N2O5S3/c1-23-16(20)12-6-9-25-15(12)17-14(19)11-4-2-7-18(10-11)26(21,22)13-5-3-8-24-13/h3,5-6,8-9,11H,2,4,7,10H2,1H3,(H,17,19). The molecule has 1 unspecified atom stereocenters. The third-order valence-electron chi connectivity index (χ3n) is 4.15. The van der Waals surface area contributed by atoms with Crippen molar-refractivity contribution in [2.24, 2.45) is 5.92 Å². The molecule has 0 radical (unpaired) electrons. The molecule has 1 atom stereocenters. The molecule has 10 heteroatoms. The molecule has 7 nitrogen and oxygen atoms in total. The van der Waals surface area contributed by atoms with Crippen LogP contribution in [0.3, 0.4) is 0 Å². The maximum absolute atomic E-state index is 12.7. The summed E-state index contributed by atoms with van der Waals surface area (Å²) in [7, 11) is -2.29. The summed E-state index contributed by atoms with van der Waals surface area (Å²) in [6, 6.07) is 4.84. The highest BCUT2D eigenvalue weighted by Crippen LogP contribution is 2.29. The summed E-state index contributed by atoms with van der Waals surface area (Å²) < 4.78 is 31.7. The van der Waals surface area contributed by atoms with Crippen LogP contribution in [0.4, 0.5) is 5.00 Å². The monoisotopic (exact) mass is 414 g/mol. The first kappa shape index (κ1) is 19.0. The molecular weight excluding hydrogens is 396 g/mol. The molecule has 1 amide bonds. The van der Waals surface area contributed by atoms with E-state index in [-0.39, 0.29) is 16.7 Å². The highest BCUT2D eigenvalue weighted by molar-refractivity contribution is 7.91. The van der Waals surface area contributed by atoms with Crippen molar-refractivity contribution in [2.45, 2.75) is 17.1 Å². The van der Waals surface area contributed by atoms with Crippen LogP contribution in [0.15, 0.2) is 33.2 Å². The van der Waals surface area contributed by atoms with Crippen LogP contribution in [0, 0.1) is 5.92 Å². The van der Waals surface area contributed by atoms with Crippen LogP contribution in [0.2, 0.25) is 0 Å². The molecule has 1 N–H and O–H groups in total. The number of sulfonamides is 1. The molecule has 0 aliphatic carbocycles. The van der Waals surface area contributed by atoms with Crippen molar-refractivity contribution >= 4 is 49.6 Å². The molecule has 3 heterocycles. The minimum Gasteiger partial charge on any atom is -0.465 e. The van der Waals surface area contributed by atoms with E-state index in [0.29, 0.717) is 30.0 Å². The van der Waals surface area contributed by atoms with E-state index in [0.717, 1.165) is 11.3 Å². The Kier molecular flexibility index (Phi) is 5.76. The number of carbonyl (C=O) groups is 2. The first-order chi connectivity index (χ1) is 12.4. The fourth-order valence-electron chi connectivity index (χ4n) is 2.80. The Morgan fingerprint density at radius 1 is 1.27 bits per heavy atom. The first-order valence-electron chi connectivity index (χ1n) is 7.94. The largest absolute Gasteiger partial charge is 0.465 e. The summed E-state index contributed by atoms with van der Waals surface area (Å²) in [6.07, 6.45) is 1.21. The van der Waals surface area contributed by atoms with Gasteiger partial charge in [0.1, 0.15) is 9.21 Å². The smallest absolute Gasteiger partial charge is 0.340 e. The van der Waals surface area contributed by atoms with Gasteiger partial charge in [-0.25, -0.2) is 13.2 Å². The van der Waals surface area contributed by atoms with E-state index in [4.69, 9.17) is 4.74 Å². The number of ether oxygens (including phenoxy) is 1. The van der Waals surface area contributed by atoms with Gasteiger partial charge in [0.25, 0.3) is 10.0 Å². The summed E-state index contributed by atoms with van der Waals surface area (Å²) in [6.45, 7) is 0.529. The molecule has 2 aromatic rings. The number of rotatable bonds is 5. The number of hydrogen-bond donors (Lipinski definition) is 1. The first-order valence-corrected chi connectivity index (χ1v) is 11.1. The molecule has 1 aliphatic heterocycles. The van der Waals surface area contributed by atoms with Crippen molar-refractivity contribution in [3.63, 3.8) is 0 Å². The normalized spacial score (nSPS) is 18.4. The fourth-order valence-corrected chi connectivity index (χ4v) is 6.25. The van der Waals surface area contributed by atoms with Gasteiger partial charge in [0, 0.05) is 13.1 Å². The zero-order chi connectivity index (χ0) is 18.7. The predicted molar refractivity (Wildman–Crippen MR) is 100 cm³/mol. The minimum atomic E-state index is -3.57. The van der Waals surface area contributed by atoms with Crippen LogP contribution in [-0.4, -0.2) is 44.8 Å². The van der Waals surface area contributed by atoms with Gasteiger partial charge in [-0.3, -0.25) is 4.79 Å². The molecule has 26 heavy (non-hydrogen) atoms. The lowest BCUT2D eigenvalue weighted by Crippen LogP contribution is -2.43. The maximum atomic E-state index is 12.7. The molecule has 1 aliphatic rings. The summed E-state index contributed by atoms with van der Waals surface area (Å²) in [5.74, 6) is -1.28. The summed E-state index contributed by atoms with van der Waals surface area (Å²) in [4.78, 5) is 24.3. The Morgan fingerprint density at radius 2 is 2.08 bits per heavy atom. The van der Waals surface area contributed by atoms with E-state index in [1.165, 1.54) is 22.8 Å². The molecule has 0 bridgehead atoms. The number of esters is 1. The van der Waals surface area contributed by atoms with Gasteiger partial charge in [-0.15, -0.1) is 22.7 Å². The van der Waals surface area contributed by atoms with Gasteiger partial charge < -0.3 is 10.1 Å². The van der Waals surface area contributed by atoms with Crippen molar-refractivity contribution in [1.29, 1.82) is 0 Å². The quantitative estimate of drug-likeness (QED) is 0.759. The summed E-state index contributed by atoms with van der Waals surface area (Å²) in [5, 5.41) is 6.56. The number of thiophene rings is 2. The van der Waals surface area contributed by atoms with E-state index < -0.39 is 21.9 Å². The van der Waals surface area contributed by atoms with Gasteiger partial charge in [0.2, 0.25) is 5.91 Å². The molecule has 3 rings (SSSR count). The number of anilines is 1. The molecule has 2 aromatic heterocycles. The highest BCUT2D eigenvalue weighted by Gasteiger charge is 2.34. The third-order valence-corrected chi connectivity index (χ3v) is 8.22. The zero-order valence-corrected chi connectivity index (χ0v) is 16.5. The van der Waals surface area contributed by atoms with Crippen molar-refractivity contribution in [1.82, 2.24) is 4.31 Å². The topological polar surface area (TPSA) is 92.8 Å². The van der Waals surface area contributed by atoms with Crippen molar-refractivity contribution in [2.75, 3.05) is 25.5 Å². The van der Waals surface area contributed by atoms with Gasteiger partial charge in [-0.2, -0.15) is 4.31 Å². The molecule has 0 saturated carbocycles. The van der Waals surface area contributed by atoms with Gasteiger partial charge in [-0.1, -0.05) is 6.07 Å². The van der Waals surface area contributed by atoms with Crippen LogP contribution in [-0.2, 0) is 19.6 Å². The molecule has 1 saturated heterocycles. The van der Waals surface area contributed by atoms with Crippen molar-refractivity contribution in [3.8, 4) is 0 Å². The van der Waals surface area contributed by atoms with Gasteiger partial charge >= 0.3 is 5.97 Å². The Labute approximate surface area is 159 Å². The molecular formula is C16H18N2O5S3. The molecule has 0 aromatic carbocycles. The summed E-state index contributed by atoms with van der Waals surface area (Å²) in [5.41, 5.74) is 0.296. The van der Waals surface area contributed by atoms with E-state index in [1.54, 1.807) is 29.0 Å². The van der Waals surface area contributed by atoms with Gasteiger partial charge in [0.05, 0.1) is 18.6 Å². The van der Waals surface area contributed by atoms with Crippen LogP contribution < -0.4 is 5.32 Å². The number of methoxy groups -OCH3 is 1. The van der Waals surface area contributed by atoms with Crippen LogP contribution in [0.1, 0.15) is 23.2 Å². The third kappa shape index (κ3) is 3.83. The Hall–Kier alpha value is -1.75. The Morgan fingerprint density at radius 3 is 2.77 bits per heavy atom. The van der Waals surface area contributed by atoms with E-state index >= 15 is 0 Å². The van der Waals surface area contributed by atoms with E-state index in [2.05, 4.69) is 5.32 Å². The SMILES string of the molecule is COC(=O)c1ccsc1NC(=O)C1CCCN(S(=O)(=O)c2cccs2)C1. The Balaban J connectivity index is 1.71. The fraction of sp³-hybridized carbons (Fsp3) is 0.375. The number of hydrogen-bond acceptors (Lipinski definition) is 7. The van der Waals surface area contributed by atoms with Crippen molar-refractivity contribution < 1.29 is 22.7 Å². The highest BCUT2D eigenvalue weighted by atomic mass is 32.2. The summed E-state index contributed by atoms with van der Waals surface area (Å²) >= 11 is 2.39. The van der Waals surface area contributed by atoms with Crippen LogP contribution in [0.25, 0.3) is 0 Å². The second-order valence-corrected chi connectivity index (χ2v) is 9.81. The lowest BCUT2D eigenvalue weighted by Gasteiger charge is -2.30. The van der Waals surface area contributed by atoms with Crippen LogP contribution in [0.5, 0.6) is 0 Å². The van der Waals surface area contributed by atoms with E-state index in [1.807, 2.05) is 0 Å². The van der Waals surface area contributed by atoms with Crippen LogP contribution >= 0.6 is 22.7 Å². The molecule has 0 spiro atoms. The van der Waals surface area contributed by atoms with Gasteiger partial charge in [-0.05, 0) is 35.7 Å². The van der Waals surface area contributed by atoms with E-state index in [9.17, 15) is 18.0 Å². The lowest BCUT2D eigenvalue weighted by atomic mass is 9.99. The molecule has 1 fully saturated rings. The average molecular weight is 415 g/mol. The second kappa shape index (κ2) is 7.87. The predicted octanol–water partition coefficient (Wildman–Crippen LogP) is 2.64. The average Bonchev–Trinajstić information content (AvgIpc) is 3.33. The van der Waals surface area contributed by atoms with Crippen molar-refractivity contribution in [3.05, 3.63) is 34.5 Å².